The summed E-state index contributed by atoms with van der Waals surface area (Å²) < 4.78 is 1.86. The van der Waals surface area contributed by atoms with Crippen LogP contribution in [0, 0.1) is 6.92 Å². The third-order valence-electron chi connectivity index (χ3n) is 2.54. The van der Waals surface area contributed by atoms with Gasteiger partial charge in [0, 0.05) is 31.6 Å². The van der Waals surface area contributed by atoms with Crippen LogP contribution in [0.4, 0.5) is 0 Å². The van der Waals surface area contributed by atoms with E-state index in [0.717, 1.165) is 6.54 Å². The maximum Gasteiger partial charge on any atom is 0.220 e. The molecule has 2 rings (SSSR count). The molecule has 0 aromatic carbocycles. The van der Waals surface area contributed by atoms with Gasteiger partial charge in [0.15, 0.2) is 0 Å². The lowest BCUT2D eigenvalue weighted by Gasteiger charge is -2.08. The van der Waals surface area contributed by atoms with Crippen molar-refractivity contribution in [1.29, 1.82) is 0 Å². The Hall–Kier alpha value is -1.32. The Bertz CT molecular complexity index is 323. The summed E-state index contributed by atoms with van der Waals surface area (Å²) in [7, 11) is 1.92. The maximum atomic E-state index is 11.0. The number of rotatable bonds is 1. The summed E-state index contributed by atoms with van der Waals surface area (Å²) in [4.78, 5) is 11.0. The first kappa shape index (κ1) is 8.29. The van der Waals surface area contributed by atoms with Crippen LogP contribution in [0.1, 0.15) is 23.6 Å². The zero-order valence-corrected chi connectivity index (χ0v) is 7.87. The lowest BCUT2D eigenvalue weighted by molar-refractivity contribution is -0.119. The molecule has 70 valence electrons. The maximum absolute atomic E-state index is 11.0. The Morgan fingerprint density at radius 2 is 2.46 bits per heavy atom. The minimum absolute atomic E-state index is 0.144. The predicted molar refractivity (Wildman–Crippen MR) is 48.3 cm³/mol. The summed E-state index contributed by atoms with van der Waals surface area (Å²) in [6.07, 6.45) is 2.44. The number of carbonyl (C=O) groups is 1. The highest BCUT2D eigenvalue weighted by molar-refractivity contribution is 5.79. The molecule has 1 saturated heterocycles. The highest BCUT2D eigenvalue weighted by atomic mass is 16.1. The largest absolute Gasteiger partial charge is 0.355 e. The van der Waals surface area contributed by atoms with Gasteiger partial charge >= 0.3 is 0 Å². The number of aryl methyl sites for hydroxylation is 2. The van der Waals surface area contributed by atoms with E-state index in [4.69, 9.17) is 0 Å². The van der Waals surface area contributed by atoms with Crippen LogP contribution in [0.5, 0.6) is 0 Å². The molecule has 1 unspecified atom stereocenters. The first-order valence-electron chi connectivity index (χ1n) is 4.43. The zero-order valence-electron chi connectivity index (χ0n) is 7.87. The van der Waals surface area contributed by atoms with Gasteiger partial charge < -0.3 is 5.32 Å². The molecule has 1 fully saturated rings. The van der Waals surface area contributed by atoms with Crippen LogP contribution in [0.2, 0.25) is 0 Å². The lowest BCUT2D eigenvalue weighted by Crippen LogP contribution is -2.14. The van der Waals surface area contributed by atoms with E-state index in [0.29, 0.717) is 12.3 Å². The van der Waals surface area contributed by atoms with Crippen LogP contribution in [0.15, 0.2) is 6.20 Å². The van der Waals surface area contributed by atoms with Gasteiger partial charge in [-0.2, -0.15) is 5.10 Å². The Balaban J connectivity index is 2.30. The van der Waals surface area contributed by atoms with Crippen molar-refractivity contribution in [3.8, 4) is 0 Å². The number of amides is 1. The minimum atomic E-state index is 0.144. The van der Waals surface area contributed by atoms with Gasteiger partial charge in [-0.25, -0.2) is 0 Å². The van der Waals surface area contributed by atoms with Gasteiger partial charge in [0.05, 0.1) is 6.20 Å². The molecule has 1 aliphatic rings. The van der Waals surface area contributed by atoms with Gasteiger partial charge in [-0.05, 0) is 12.5 Å². The molecule has 4 heteroatoms. The summed E-state index contributed by atoms with van der Waals surface area (Å²) in [5, 5.41) is 7.00. The molecule has 2 heterocycles. The Morgan fingerprint density at radius 1 is 1.69 bits per heavy atom. The van der Waals surface area contributed by atoms with E-state index < -0.39 is 0 Å². The van der Waals surface area contributed by atoms with E-state index >= 15 is 0 Å². The quantitative estimate of drug-likeness (QED) is 0.675. The number of aromatic nitrogens is 2. The van der Waals surface area contributed by atoms with Crippen molar-refractivity contribution < 1.29 is 4.79 Å². The average molecular weight is 179 g/mol. The molecule has 1 amide bonds. The molecule has 1 aromatic rings. The third kappa shape index (κ3) is 1.32. The van der Waals surface area contributed by atoms with E-state index in [1.165, 1.54) is 11.3 Å². The third-order valence-corrected chi connectivity index (χ3v) is 2.54. The monoisotopic (exact) mass is 179 g/mol. The first-order chi connectivity index (χ1) is 6.18. The minimum Gasteiger partial charge on any atom is -0.355 e. The summed E-state index contributed by atoms with van der Waals surface area (Å²) in [5.41, 5.74) is 2.35. The topological polar surface area (TPSA) is 46.9 Å². The number of nitrogens with one attached hydrogen (secondary N) is 1. The van der Waals surface area contributed by atoms with Crippen molar-refractivity contribution in [3.05, 3.63) is 17.5 Å². The molecule has 13 heavy (non-hydrogen) atoms. The molecular weight excluding hydrogens is 166 g/mol. The van der Waals surface area contributed by atoms with Crippen LogP contribution in [-0.4, -0.2) is 22.2 Å². The van der Waals surface area contributed by atoms with Gasteiger partial charge in [-0.15, -0.1) is 0 Å². The normalized spacial score (nSPS) is 22.0. The van der Waals surface area contributed by atoms with Crippen molar-refractivity contribution in [2.24, 2.45) is 7.05 Å². The molecule has 1 atom stereocenters. The van der Waals surface area contributed by atoms with Crippen molar-refractivity contribution in [2.45, 2.75) is 19.3 Å². The fourth-order valence-corrected chi connectivity index (χ4v) is 1.94. The predicted octanol–water partition coefficient (Wildman–Crippen LogP) is 0.332. The number of hydrogen-bond donors (Lipinski definition) is 1. The Labute approximate surface area is 76.9 Å². The first-order valence-corrected chi connectivity index (χ1v) is 4.43. The number of carbonyl (C=O) groups excluding carboxylic acids is 1. The molecule has 0 radical (unpaired) electrons. The summed E-state index contributed by atoms with van der Waals surface area (Å²) in [6, 6.07) is 0. The second-order valence-electron chi connectivity index (χ2n) is 3.54. The van der Waals surface area contributed by atoms with E-state index in [1.807, 2.05) is 24.9 Å². The van der Waals surface area contributed by atoms with Gasteiger partial charge in [-0.3, -0.25) is 9.48 Å². The molecule has 0 spiro atoms. The standard InChI is InChI=1S/C9H13N3O/c1-6-4-11-12(2)9(6)7-3-8(13)10-5-7/h4,7H,3,5H2,1-2H3,(H,10,13). The van der Waals surface area contributed by atoms with Crippen molar-refractivity contribution >= 4 is 5.91 Å². The number of hydrogen-bond acceptors (Lipinski definition) is 2. The van der Waals surface area contributed by atoms with Crippen molar-refractivity contribution in [2.75, 3.05) is 6.54 Å². The van der Waals surface area contributed by atoms with Crippen LogP contribution < -0.4 is 5.32 Å². The second kappa shape index (κ2) is 2.87. The van der Waals surface area contributed by atoms with E-state index in [2.05, 4.69) is 10.4 Å². The van der Waals surface area contributed by atoms with Crippen LogP contribution in [-0.2, 0) is 11.8 Å². The second-order valence-corrected chi connectivity index (χ2v) is 3.54. The smallest absolute Gasteiger partial charge is 0.220 e. The lowest BCUT2D eigenvalue weighted by atomic mass is 10.0. The van der Waals surface area contributed by atoms with E-state index in [-0.39, 0.29) is 5.91 Å². The van der Waals surface area contributed by atoms with Gasteiger partial charge in [-0.1, -0.05) is 0 Å². The number of nitrogens with zero attached hydrogens (tertiary/aromatic N) is 2. The summed E-state index contributed by atoms with van der Waals surface area (Å²) in [5.74, 6) is 0.450. The molecule has 0 aliphatic carbocycles. The van der Waals surface area contributed by atoms with Crippen molar-refractivity contribution in [1.82, 2.24) is 15.1 Å². The van der Waals surface area contributed by atoms with Crippen LogP contribution in [0.25, 0.3) is 0 Å². The average Bonchev–Trinajstić information content (AvgIpc) is 2.60. The summed E-state index contributed by atoms with van der Waals surface area (Å²) >= 11 is 0. The Kier molecular flexibility index (Phi) is 1.83. The summed E-state index contributed by atoms with van der Waals surface area (Å²) in [6.45, 7) is 2.78. The molecule has 4 nitrogen and oxygen atoms in total. The van der Waals surface area contributed by atoms with Gasteiger partial charge in [0.25, 0.3) is 0 Å². The zero-order chi connectivity index (χ0) is 9.42. The highest BCUT2D eigenvalue weighted by Gasteiger charge is 2.26. The highest BCUT2D eigenvalue weighted by Crippen LogP contribution is 2.24. The Morgan fingerprint density at radius 3 is 2.92 bits per heavy atom. The fourth-order valence-electron chi connectivity index (χ4n) is 1.94. The molecule has 1 aliphatic heterocycles. The van der Waals surface area contributed by atoms with Crippen molar-refractivity contribution in [3.63, 3.8) is 0 Å². The molecular formula is C9H13N3O. The fraction of sp³-hybridized carbons (Fsp3) is 0.556. The molecule has 0 saturated carbocycles. The molecule has 1 N–H and O–H groups in total. The SMILES string of the molecule is Cc1cnn(C)c1C1CNC(=O)C1. The van der Waals surface area contributed by atoms with E-state index in [1.54, 1.807) is 0 Å². The van der Waals surface area contributed by atoms with Crippen LogP contribution >= 0.6 is 0 Å². The van der Waals surface area contributed by atoms with Crippen LogP contribution in [0.3, 0.4) is 0 Å². The van der Waals surface area contributed by atoms with Gasteiger partial charge in [0.1, 0.15) is 0 Å². The molecule has 1 aromatic heterocycles. The van der Waals surface area contributed by atoms with E-state index in [9.17, 15) is 4.79 Å². The molecule has 0 bridgehead atoms. The van der Waals surface area contributed by atoms with Gasteiger partial charge in [0.2, 0.25) is 5.91 Å².